The molecule has 1 aromatic carbocycles. The predicted octanol–water partition coefficient (Wildman–Crippen LogP) is 2.03. The Hall–Kier alpha value is -1.80. The van der Waals surface area contributed by atoms with Crippen LogP contribution in [0.2, 0.25) is 0 Å². The summed E-state index contributed by atoms with van der Waals surface area (Å²) in [6.07, 6.45) is 2.16. The van der Waals surface area contributed by atoms with Gasteiger partial charge in [-0.15, -0.1) is 11.8 Å². The quantitative estimate of drug-likeness (QED) is 0.797. The first-order valence-electron chi connectivity index (χ1n) is 8.15. The Morgan fingerprint density at radius 2 is 2.04 bits per heavy atom. The lowest BCUT2D eigenvalue weighted by atomic mass is 10.3. The lowest BCUT2D eigenvalue weighted by Gasteiger charge is -2.14. The third-order valence-corrected chi connectivity index (χ3v) is 6.14. The zero-order valence-corrected chi connectivity index (χ0v) is 16.0. The molecular weight excluding hydrogens is 358 g/mol. The molecule has 1 saturated heterocycles. The van der Waals surface area contributed by atoms with Gasteiger partial charge in [-0.1, -0.05) is 11.3 Å². The van der Waals surface area contributed by atoms with E-state index in [0.29, 0.717) is 10.6 Å². The number of aryl methyl sites for hydroxylation is 1. The Labute approximate surface area is 154 Å². The second-order valence-corrected chi connectivity index (χ2v) is 7.86. The predicted molar refractivity (Wildman–Crippen MR) is 101 cm³/mol. The number of ether oxygens (including phenoxy) is 1. The molecule has 0 spiro atoms. The van der Waals surface area contributed by atoms with E-state index in [-0.39, 0.29) is 17.6 Å². The van der Waals surface area contributed by atoms with E-state index in [4.69, 9.17) is 4.74 Å². The van der Waals surface area contributed by atoms with Crippen LogP contribution in [0.4, 0.5) is 0 Å². The van der Waals surface area contributed by atoms with Gasteiger partial charge in [-0.05, 0) is 31.0 Å². The van der Waals surface area contributed by atoms with Crippen LogP contribution in [0.15, 0.2) is 23.2 Å². The summed E-state index contributed by atoms with van der Waals surface area (Å²) >= 11 is 2.79. The molecule has 2 heterocycles. The molecule has 0 aliphatic carbocycles. The number of nitrogens with zero attached hydrogens (tertiary/aromatic N) is 3. The largest absolute Gasteiger partial charge is 0.497 e. The van der Waals surface area contributed by atoms with Gasteiger partial charge < -0.3 is 14.2 Å². The topological polar surface area (TPSA) is 63.9 Å². The number of fused-ring (bicyclic) bond motifs is 1. The number of carbonyl (C=O) groups is 2. The van der Waals surface area contributed by atoms with Crippen molar-refractivity contribution in [2.24, 2.45) is 12.0 Å². The maximum Gasteiger partial charge on any atom is 0.258 e. The molecule has 8 heteroatoms. The van der Waals surface area contributed by atoms with Crippen molar-refractivity contribution >= 4 is 45.1 Å². The number of thiazole rings is 1. The van der Waals surface area contributed by atoms with Crippen molar-refractivity contribution in [1.29, 1.82) is 0 Å². The van der Waals surface area contributed by atoms with Crippen molar-refractivity contribution in [2.45, 2.75) is 12.8 Å². The summed E-state index contributed by atoms with van der Waals surface area (Å²) < 4.78 is 8.15. The van der Waals surface area contributed by atoms with Gasteiger partial charge in [0.2, 0.25) is 5.91 Å². The normalized spacial score (nSPS) is 15.1. The highest BCUT2D eigenvalue weighted by atomic mass is 32.2. The molecule has 0 bridgehead atoms. The fraction of sp³-hybridized carbons (Fsp3) is 0.471. The van der Waals surface area contributed by atoms with Crippen molar-refractivity contribution in [3.8, 4) is 5.75 Å². The van der Waals surface area contributed by atoms with E-state index < -0.39 is 0 Å². The van der Waals surface area contributed by atoms with Crippen LogP contribution in [0.5, 0.6) is 5.75 Å². The van der Waals surface area contributed by atoms with E-state index in [1.165, 1.54) is 23.1 Å². The van der Waals surface area contributed by atoms with Crippen molar-refractivity contribution in [3.05, 3.63) is 23.0 Å². The lowest BCUT2D eigenvalue weighted by molar-refractivity contribution is -0.127. The summed E-state index contributed by atoms with van der Waals surface area (Å²) in [5.41, 5.74) is 1.01. The number of hydrogen-bond acceptors (Lipinski definition) is 5. The third-order valence-electron chi connectivity index (χ3n) is 4.15. The number of likely N-dealkylation sites (tertiary alicyclic amines) is 1. The van der Waals surface area contributed by atoms with Crippen molar-refractivity contribution < 1.29 is 14.3 Å². The first-order valence-corrected chi connectivity index (χ1v) is 10.1. The summed E-state index contributed by atoms with van der Waals surface area (Å²) in [6.45, 7) is 1.69. The summed E-state index contributed by atoms with van der Waals surface area (Å²) in [5, 5.41) is 0. The number of carbonyl (C=O) groups excluding carboxylic acids is 2. The van der Waals surface area contributed by atoms with Crippen LogP contribution in [-0.2, 0) is 16.6 Å². The Kier molecular flexibility index (Phi) is 5.80. The van der Waals surface area contributed by atoms with E-state index in [9.17, 15) is 9.59 Å². The van der Waals surface area contributed by atoms with Gasteiger partial charge in [0.25, 0.3) is 5.91 Å². The highest BCUT2D eigenvalue weighted by Crippen LogP contribution is 2.22. The summed E-state index contributed by atoms with van der Waals surface area (Å²) in [7, 11) is 3.52. The number of amides is 2. The summed E-state index contributed by atoms with van der Waals surface area (Å²) in [6, 6.07) is 5.78. The van der Waals surface area contributed by atoms with Crippen molar-refractivity contribution in [2.75, 3.05) is 31.7 Å². The van der Waals surface area contributed by atoms with E-state index in [1.54, 1.807) is 7.11 Å². The Morgan fingerprint density at radius 1 is 1.28 bits per heavy atom. The molecule has 0 N–H and O–H groups in total. The van der Waals surface area contributed by atoms with Gasteiger partial charge in [0.15, 0.2) is 4.80 Å². The monoisotopic (exact) mass is 379 g/mol. The molecule has 0 saturated carbocycles. The van der Waals surface area contributed by atoms with Gasteiger partial charge >= 0.3 is 0 Å². The van der Waals surface area contributed by atoms with Crippen LogP contribution in [0.1, 0.15) is 12.8 Å². The number of hydrogen-bond donors (Lipinski definition) is 0. The molecule has 2 aromatic rings. The number of benzene rings is 1. The standard InChI is InChI=1S/C17H21N3O3S2/c1-19-13-6-5-12(23-2)9-14(13)25-17(19)18-15(21)10-24-11-16(22)20-7-3-4-8-20/h5-6,9H,3-4,7-8,10-11H2,1-2H3. The Balaban J connectivity index is 1.63. The maximum atomic E-state index is 12.1. The molecule has 1 aliphatic rings. The van der Waals surface area contributed by atoms with Gasteiger partial charge in [0.05, 0.1) is 28.8 Å². The van der Waals surface area contributed by atoms with Crippen LogP contribution < -0.4 is 9.54 Å². The third kappa shape index (κ3) is 4.24. The summed E-state index contributed by atoms with van der Waals surface area (Å²) in [4.78, 5) is 30.8. The van der Waals surface area contributed by atoms with Gasteiger partial charge in [-0.2, -0.15) is 4.99 Å². The van der Waals surface area contributed by atoms with Crippen LogP contribution in [0.25, 0.3) is 10.2 Å². The van der Waals surface area contributed by atoms with Gasteiger partial charge in [-0.25, -0.2) is 0 Å². The Bertz CT molecular complexity index is 850. The first kappa shape index (κ1) is 18.0. The number of methoxy groups -OCH3 is 1. The average molecular weight is 380 g/mol. The molecule has 6 nitrogen and oxygen atoms in total. The average Bonchev–Trinajstić information content (AvgIpc) is 3.24. The van der Waals surface area contributed by atoms with Crippen LogP contribution >= 0.6 is 23.1 Å². The Morgan fingerprint density at radius 3 is 2.76 bits per heavy atom. The molecule has 1 aliphatic heterocycles. The van der Waals surface area contributed by atoms with Crippen LogP contribution in [0, 0.1) is 0 Å². The maximum absolute atomic E-state index is 12.1. The minimum atomic E-state index is -0.214. The molecule has 0 radical (unpaired) electrons. The molecule has 1 fully saturated rings. The number of rotatable bonds is 5. The molecule has 134 valence electrons. The molecule has 0 atom stereocenters. The zero-order chi connectivity index (χ0) is 17.8. The second-order valence-electron chi connectivity index (χ2n) is 5.86. The molecule has 0 unspecified atom stereocenters. The SMILES string of the molecule is COc1ccc2c(c1)sc(=NC(=O)CSCC(=O)N1CCCC1)n2C. The van der Waals surface area contributed by atoms with E-state index in [0.717, 1.165) is 41.9 Å². The number of aromatic nitrogens is 1. The van der Waals surface area contributed by atoms with Crippen molar-refractivity contribution in [3.63, 3.8) is 0 Å². The number of thioether (sulfide) groups is 1. The second kappa shape index (κ2) is 8.05. The molecule has 1 aromatic heterocycles. The van der Waals surface area contributed by atoms with Gasteiger partial charge in [0, 0.05) is 20.1 Å². The van der Waals surface area contributed by atoms with E-state index in [1.807, 2.05) is 34.7 Å². The zero-order valence-electron chi connectivity index (χ0n) is 14.4. The highest BCUT2D eigenvalue weighted by molar-refractivity contribution is 8.00. The highest BCUT2D eigenvalue weighted by Gasteiger charge is 2.17. The first-order chi connectivity index (χ1) is 12.1. The minimum Gasteiger partial charge on any atom is -0.497 e. The van der Waals surface area contributed by atoms with Crippen LogP contribution in [-0.4, -0.2) is 53.0 Å². The van der Waals surface area contributed by atoms with E-state index >= 15 is 0 Å². The molecule has 25 heavy (non-hydrogen) atoms. The van der Waals surface area contributed by atoms with Gasteiger partial charge in [0.1, 0.15) is 5.75 Å². The lowest BCUT2D eigenvalue weighted by Crippen LogP contribution is -2.29. The smallest absolute Gasteiger partial charge is 0.258 e. The fourth-order valence-corrected chi connectivity index (χ4v) is 4.53. The van der Waals surface area contributed by atoms with Crippen molar-refractivity contribution in [1.82, 2.24) is 9.47 Å². The van der Waals surface area contributed by atoms with E-state index in [2.05, 4.69) is 4.99 Å². The van der Waals surface area contributed by atoms with Gasteiger partial charge in [-0.3, -0.25) is 9.59 Å². The molecule has 2 amide bonds. The fourth-order valence-electron chi connectivity index (χ4n) is 2.77. The minimum absolute atomic E-state index is 0.120. The molecular formula is C17H21N3O3S2. The molecule has 3 rings (SSSR count). The summed E-state index contributed by atoms with van der Waals surface area (Å²) in [5.74, 6) is 1.25. The van der Waals surface area contributed by atoms with Crippen LogP contribution in [0.3, 0.4) is 0 Å².